The number of primary amides is 1. The quantitative estimate of drug-likeness (QED) is 0.447. The molecule has 188 valence electrons. The molecule has 0 spiro atoms. The number of nitrogens with one attached hydrogen (secondary N) is 2. The maximum atomic E-state index is 13.6. The van der Waals surface area contributed by atoms with E-state index in [4.69, 9.17) is 17.3 Å². The number of nitrogens with two attached hydrogens (primary N) is 1. The first-order chi connectivity index (χ1) is 16.6. The van der Waals surface area contributed by atoms with Crippen molar-refractivity contribution in [2.45, 2.75) is 36.4 Å². The van der Waals surface area contributed by atoms with Crippen LogP contribution in [0.5, 0.6) is 0 Å². The summed E-state index contributed by atoms with van der Waals surface area (Å²) < 4.78 is 28.1. The van der Waals surface area contributed by atoms with E-state index in [1.54, 1.807) is 31.2 Å². The third kappa shape index (κ3) is 5.19. The van der Waals surface area contributed by atoms with Crippen molar-refractivity contribution in [1.29, 1.82) is 0 Å². The highest BCUT2D eigenvalue weighted by atomic mass is 35.5. The fraction of sp³-hybridized carbons (Fsp3) is 0.435. The predicted molar refractivity (Wildman–Crippen MR) is 131 cm³/mol. The number of piperazine rings is 1. The van der Waals surface area contributed by atoms with Crippen LogP contribution < -0.4 is 16.4 Å². The lowest BCUT2D eigenvalue weighted by Crippen LogP contribution is -2.58. The molecular formula is C23H28ClN5O5S. The van der Waals surface area contributed by atoms with Gasteiger partial charge in [-0.05, 0) is 48.4 Å². The van der Waals surface area contributed by atoms with Gasteiger partial charge in [0, 0.05) is 31.2 Å². The average molecular weight is 522 g/mol. The van der Waals surface area contributed by atoms with Gasteiger partial charge in [0.15, 0.2) is 5.78 Å². The van der Waals surface area contributed by atoms with Crippen LogP contribution in [0.25, 0.3) is 10.8 Å². The number of amides is 2. The Kier molecular flexibility index (Phi) is 7.43. The van der Waals surface area contributed by atoms with Gasteiger partial charge in [-0.1, -0.05) is 23.7 Å². The van der Waals surface area contributed by atoms with Crippen molar-refractivity contribution in [3.05, 3.63) is 41.4 Å². The maximum absolute atomic E-state index is 13.6. The van der Waals surface area contributed by atoms with Crippen LogP contribution in [-0.2, 0) is 24.4 Å². The Morgan fingerprint density at radius 3 is 2.60 bits per heavy atom. The van der Waals surface area contributed by atoms with Gasteiger partial charge in [-0.3, -0.25) is 14.4 Å². The van der Waals surface area contributed by atoms with Crippen LogP contribution in [0.4, 0.5) is 0 Å². The highest BCUT2D eigenvalue weighted by Gasteiger charge is 2.45. The molecule has 3 atom stereocenters. The van der Waals surface area contributed by atoms with E-state index in [0.717, 1.165) is 16.2 Å². The number of carbonyl (C=O) groups excluding carboxylic acids is 3. The summed E-state index contributed by atoms with van der Waals surface area (Å²) in [6, 6.07) is 7.24. The van der Waals surface area contributed by atoms with E-state index in [1.807, 2.05) is 0 Å². The van der Waals surface area contributed by atoms with E-state index in [9.17, 15) is 22.8 Å². The zero-order valence-electron chi connectivity index (χ0n) is 19.2. The van der Waals surface area contributed by atoms with E-state index in [1.165, 1.54) is 17.0 Å². The Hall–Kier alpha value is -2.57. The summed E-state index contributed by atoms with van der Waals surface area (Å²) in [6.07, 6.45) is 0.141. The summed E-state index contributed by atoms with van der Waals surface area (Å²) in [5, 5.41) is 8.18. The van der Waals surface area contributed by atoms with E-state index < -0.39 is 46.5 Å². The number of carbonyl (C=O) groups is 3. The van der Waals surface area contributed by atoms with Crippen LogP contribution in [0, 0.1) is 0 Å². The predicted octanol–water partition coefficient (Wildman–Crippen LogP) is 0.0891. The van der Waals surface area contributed by atoms with Crippen molar-refractivity contribution in [2.75, 3.05) is 32.7 Å². The normalized spacial score (nSPS) is 22.0. The second-order valence-electron chi connectivity index (χ2n) is 8.80. The molecule has 12 heteroatoms. The molecule has 0 saturated carbocycles. The topological polar surface area (TPSA) is 142 Å². The number of benzene rings is 2. The summed E-state index contributed by atoms with van der Waals surface area (Å²) in [5.41, 5.74) is 5.37. The summed E-state index contributed by atoms with van der Waals surface area (Å²) >= 11 is 6.02. The molecular weight excluding hydrogens is 494 g/mol. The molecule has 2 aromatic carbocycles. The standard InChI is InChI=1S/C23H28ClN5O5S/c1-14(22(31)19-12-26-7-8-27-19)28-9-6-20(23(28)32)29(13-21(25)30)35(33,34)18-5-3-15-10-17(24)4-2-16(15)11-18/h2-5,10-11,14,19-20,26-27H,6-9,12-13H2,1H3,(H2,25,30)/t14-,19?,20-/m0/s1. The van der Waals surface area contributed by atoms with Crippen molar-refractivity contribution in [3.63, 3.8) is 0 Å². The van der Waals surface area contributed by atoms with E-state index in [-0.39, 0.29) is 23.6 Å². The minimum Gasteiger partial charge on any atom is -0.369 e. The SMILES string of the molecule is C[C@@H](C(=O)C1CNCCN1)N1CC[C@H](N(CC(N)=O)S(=O)(=O)c2ccc3cc(Cl)ccc3c2)C1=O. The molecule has 2 saturated heterocycles. The molecule has 1 unspecified atom stereocenters. The van der Waals surface area contributed by atoms with Crippen molar-refractivity contribution >= 4 is 50.0 Å². The van der Waals surface area contributed by atoms with Crippen molar-refractivity contribution in [3.8, 4) is 0 Å². The molecule has 35 heavy (non-hydrogen) atoms. The second kappa shape index (κ2) is 10.2. The van der Waals surface area contributed by atoms with Crippen molar-refractivity contribution < 1.29 is 22.8 Å². The van der Waals surface area contributed by atoms with Gasteiger partial charge in [0.05, 0.1) is 23.5 Å². The first kappa shape index (κ1) is 25.5. The van der Waals surface area contributed by atoms with Crippen LogP contribution in [-0.4, -0.2) is 86.1 Å². The molecule has 2 amide bonds. The monoisotopic (exact) mass is 521 g/mol. The van der Waals surface area contributed by atoms with Gasteiger partial charge in [0.1, 0.15) is 6.04 Å². The van der Waals surface area contributed by atoms with Gasteiger partial charge < -0.3 is 21.3 Å². The smallest absolute Gasteiger partial charge is 0.244 e. The van der Waals surface area contributed by atoms with Crippen molar-refractivity contribution in [1.82, 2.24) is 19.8 Å². The van der Waals surface area contributed by atoms with Crippen LogP contribution in [0.1, 0.15) is 13.3 Å². The molecule has 2 aromatic rings. The molecule has 2 heterocycles. The average Bonchev–Trinajstić information content (AvgIpc) is 3.22. The highest BCUT2D eigenvalue weighted by Crippen LogP contribution is 2.29. The molecule has 2 fully saturated rings. The Morgan fingerprint density at radius 1 is 1.20 bits per heavy atom. The number of fused-ring (bicyclic) bond motifs is 1. The Labute approximate surface area is 208 Å². The van der Waals surface area contributed by atoms with Gasteiger partial charge >= 0.3 is 0 Å². The van der Waals surface area contributed by atoms with Gasteiger partial charge in [-0.25, -0.2) is 8.42 Å². The molecule has 0 aliphatic carbocycles. The summed E-state index contributed by atoms with van der Waals surface area (Å²) in [7, 11) is -4.26. The molecule has 0 radical (unpaired) electrons. The lowest BCUT2D eigenvalue weighted by molar-refractivity contribution is -0.138. The largest absolute Gasteiger partial charge is 0.369 e. The number of halogens is 1. The van der Waals surface area contributed by atoms with Gasteiger partial charge in [-0.15, -0.1) is 0 Å². The lowest BCUT2D eigenvalue weighted by atomic mass is 10.0. The zero-order chi connectivity index (χ0) is 25.3. The number of Topliss-reactive ketones (excluding diaryl/α,β-unsaturated/α-hetero) is 1. The minimum atomic E-state index is -4.26. The lowest BCUT2D eigenvalue weighted by Gasteiger charge is -2.31. The first-order valence-electron chi connectivity index (χ1n) is 11.4. The maximum Gasteiger partial charge on any atom is 0.244 e. The van der Waals surface area contributed by atoms with Crippen molar-refractivity contribution in [2.24, 2.45) is 5.73 Å². The van der Waals surface area contributed by atoms with Gasteiger partial charge in [0.25, 0.3) is 0 Å². The molecule has 10 nitrogen and oxygen atoms in total. The fourth-order valence-corrected chi connectivity index (χ4v) is 6.44. The van der Waals surface area contributed by atoms with Gasteiger partial charge in [0.2, 0.25) is 21.8 Å². The third-order valence-corrected chi connectivity index (χ3v) is 8.60. The number of ketones is 1. The third-order valence-electron chi connectivity index (χ3n) is 6.51. The van der Waals surface area contributed by atoms with E-state index in [0.29, 0.717) is 23.5 Å². The molecule has 4 rings (SSSR count). The highest BCUT2D eigenvalue weighted by molar-refractivity contribution is 7.89. The summed E-state index contributed by atoms with van der Waals surface area (Å²) in [6.45, 7) is 3.04. The number of rotatable bonds is 8. The molecule has 2 aliphatic rings. The van der Waals surface area contributed by atoms with Gasteiger partial charge in [-0.2, -0.15) is 4.31 Å². The fourth-order valence-electron chi connectivity index (χ4n) is 4.64. The minimum absolute atomic E-state index is 0.0681. The number of nitrogens with zero attached hydrogens (tertiary/aromatic N) is 2. The number of sulfonamides is 1. The second-order valence-corrected chi connectivity index (χ2v) is 11.1. The van der Waals surface area contributed by atoms with E-state index >= 15 is 0 Å². The molecule has 4 N–H and O–H groups in total. The molecule has 0 aromatic heterocycles. The number of hydrogen-bond acceptors (Lipinski definition) is 7. The van der Waals surface area contributed by atoms with E-state index in [2.05, 4.69) is 10.6 Å². The van der Waals surface area contributed by atoms with Crippen LogP contribution in [0.15, 0.2) is 41.3 Å². The summed E-state index contributed by atoms with van der Waals surface area (Å²) in [5.74, 6) is -1.55. The Balaban J connectivity index is 1.60. The van der Waals surface area contributed by atoms with Crippen LogP contribution >= 0.6 is 11.6 Å². The molecule has 2 aliphatic heterocycles. The zero-order valence-corrected chi connectivity index (χ0v) is 20.8. The number of hydrogen-bond donors (Lipinski definition) is 3. The first-order valence-corrected chi connectivity index (χ1v) is 13.2. The van der Waals surface area contributed by atoms with Crippen LogP contribution in [0.2, 0.25) is 5.02 Å². The molecule has 0 bridgehead atoms. The Morgan fingerprint density at radius 2 is 1.91 bits per heavy atom. The number of likely N-dealkylation sites (tertiary alicyclic amines) is 1. The summed E-state index contributed by atoms with van der Waals surface area (Å²) in [4.78, 5) is 39.4. The van der Waals surface area contributed by atoms with Crippen LogP contribution in [0.3, 0.4) is 0 Å². The Bertz CT molecular complexity index is 1260.